The number of carbonyl (C=O) groups excluding carboxylic acids is 2. The highest BCUT2D eigenvalue weighted by Gasteiger charge is 2.18. The van der Waals surface area contributed by atoms with E-state index in [1.54, 1.807) is 6.92 Å². The number of hydrogen-bond acceptors (Lipinski definition) is 5. The maximum absolute atomic E-state index is 11.9. The summed E-state index contributed by atoms with van der Waals surface area (Å²) in [6.07, 6.45) is 0. The first-order valence-corrected chi connectivity index (χ1v) is 7.32. The molecule has 21 heavy (non-hydrogen) atoms. The van der Waals surface area contributed by atoms with Gasteiger partial charge in [-0.25, -0.2) is 14.8 Å². The van der Waals surface area contributed by atoms with Crippen molar-refractivity contribution in [1.29, 1.82) is 0 Å². The first-order chi connectivity index (χ1) is 10.0. The summed E-state index contributed by atoms with van der Waals surface area (Å²) >= 11 is 1.30. The number of carbonyl (C=O) groups is 2. The molecule has 0 saturated heterocycles. The number of amides is 3. The van der Waals surface area contributed by atoms with Gasteiger partial charge >= 0.3 is 6.03 Å². The van der Waals surface area contributed by atoms with Gasteiger partial charge in [-0.3, -0.25) is 10.1 Å². The minimum Gasteiger partial charge on any atom is -0.341 e. The Balaban J connectivity index is 2.23. The van der Waals surface area contributed by atoms with Gasteiger partial charge in [0, 0.05) is 12.4 Å². The first-order valence-electron chi connectivity index (χ1n) is 6.44. The third-order valence-electron chi connectivity index (χ3n) is 2.80. The Bertz CT molecular complexity index is 690. The highest BCUT2D eigenvalue weighted by molar-refractivity contribution is 8.00. The molecule has 0 radical (unpaired) electrons. The lowest BCUT2D eigenvalue weighted by Gasteiger charge is -2.12. The topological polar surface area (TPSA) is 84.0 Å². The number of thioether (sulfide) groups is 1. The number of urea groups is 1. The lowest BCUT2D eigenvalue weighted by molar-refractivity contribution is -0.119. The fraction of sp³-hybridized carbons (Fsp3) is 0.286. The summed E-state index contributed by atoms with van der Waals surface area (Å²) in [5.41, 5.74) is 0.839. The maximum atomic E-state index is 11.9. The molecule has 7 heteroatoms. The quantitative estimate of drug-likeness (QED) is 0.668. The van der Waals surface area contributed by atoms with Crippen LogP contribution in [0.25, 0.3) is 10.9 Å². The van der Waals surface area contributed by atoms with E-state index in [0.717, 1.165) is 15.9 Å². The second-order valence-electron chi connectivity index (χ2n) is 4.42. The van der Waals surface area contributed by atoms with Crippen molar-refractivity contribution >= 4 is 34.6 Å². The van der Waals surface area contributed by atoms with E-state index in [1.807, 2.05) is 31.2 Å². The molecule has 2 aromatic rings. The van der Waals surface area contributed by atoms with Gasteiger partial charge < -0.3 is 5.32 Å². The largest absolute Gasteiger partial charge is 0.341 e. The minimum atomic E-state index is -0.517. The molecular weight excluding hydrogens is 288 g/mol. The van der Waals surface area contributed by atoms with E-state index < -0.39 is 11.3 Å². The Morgan fingerprint density at radius 1 is 1.24 bits per heavy atom. The van der Waals surface area contributed by atoms with Crippen LogP contribution in [0.3, 0.4) is 0 Å². The number of nitrogens with one attached hydrogen (secondary N) is 2. The van der Waals surface area contributed by atoms with Crippen LogP contribution in [0.15, 0.2) is 29.3 Å². The SMILES string of the molecule is CNC(=O)NC(=O)C(C)Sc1nc(C)nc2ccccc12. The van der Waals surface area contributed by atoms with Crippen LogP contribution >= 0.6 is 11.8 Å². The molecular formula is C14H16N4O2S. The number of benzene rings is 1. The van der Waals surface area contributed by atoms with Crippen LogP contribution in [0.4, 0.5) is 4.79 Å². The minimum absolute atomic E-state index is 0.361. The van der Waals surface area contributed by atoms with E-state index in [-0.39, 0.29) is 5.91 Å². The predicted octanol–water partition coefficient (Wildman–Crippen LogP) is 1.87. The fourth-order valence-corrected chi connectivity index (χ4v) is 2.73. The Kier molecular flexibility index (Phi) is 4.74. The van der Waals surface area contributed by atoms with Crippen molar-refractivity contribution in [3.63, 3.8) is 0 Å². The Hall–Kier alpha value is -2.15. The second-order valence-corrected chi connectivity index (χ2v) is 5.75. The van der Waals surface area contributed by atoms with E-state index >= 15 is 0 Å². The summed E-state index contributed by atoms with van der Waals surface area (Å²) in [5.74, 6) is 0.287. The molecule has 0 spiro atoms. The zero-order valence-electron chi connectivity index (χ0n) is 12.0. The van der Waals surface area contributed by atoms with Crippen LogP contribution in [0.2, 0.25) is 0 Å². The lowest BCUT2D eigenvalue weighted by atomic mass is 10.2. The summed E-state index contributed by atoms with van der Waals surface area (Å²) in [7, 11) is 1.46. The average molecular weight is 304 g/mol. The third-order valence-corrected chi connectivity index (χ3v) is 3.90. The molecule has 2 rings (SSSR count). The van der Waals surface area contributed by atoms with E-state index in [9.17, 15) is 9.59 Å². The number of para-hydroxylation sites is 1. The van der Waals surface area contributed by atoms with Crippen LogP contribution in [0.1, 0.15) is 12.7 Å². The number of fused-ring (bicyclic) bond motifs is 1. The molecule has 1 heterocycles. The van der Waals surface area contributed by atoms with Gasteiger partial charge in [-0.05, 0) is 19.9 Å². The predicted molar refractivity (Wildman–Crippen MR) is 82.2 cm³/mol. The van der Waals surface area contributed by atoms with Crippen LogP contribution in [-0.4, -0.2) is 34.2 Å². The Labute approximate surface area is 126 Å². The highest BCUT2D eigenvalue weighted by atomic mass is 32.2. The average Bonchev–Trinajstić information content (AvgIpc) is 2.46. The van der Waals surface area contributed by atoms with Crippen molar-refractivity contribution in [1.82, 2.24) is 20.6 Å². The molecule has 1 unspecified atom stereocenters. The van der Waals surface area contributed by atoms with E-state index in [2.05, 4.69) is 20.6 Å². The highest BCUT2D eigenvalue weighted by Crippen LogP contribution is 2.28. The first kappa shape index (κ1) is 15.2. The maximum Gasteiger partial charge on any atom is 0.321 e. The summed E-state index contributed by atoms with van der Waals surface area (Å²) in [4.78, 5) is 31.8. The van der Waals surface area contributed by atoms with Gasteiger partial charge in [0.05, 0.1) is 10.8 Å². The summed E-state index contributed by atoms with van der Waals surface area (Å²) in [6, 6.07) is 7.12. The lowest BCUT2D eigenvalue weighted by Crippen LogP contribution is -2.41. The van der Waals surface area contributed by atoms with Crippen molar-refractivity contribution in [2.24, 2.45) is 0 Å². The van der Waals surface area contributed by atoms with Crippen LogP contribution in [-0.2, 0) is 4.79 Å². The Morgan fingerprint density at radius 2 is 1.95 bits per heavy atom. The third kappa shape index (κ3) is 3.69. The summed E-state index contributed by atoms with van der Waals surface area (Å²) < 4.78 is 0. The molecule has 2 N–H and O–H groups in total. The number of rotatable bonds is 3. The van der Waals surface area contributed by atoms with Gasteiger partial charge in [0.2, 0.25) is 5.91 Å². The van der Waals surface area contributed by atoms with E-state index in [4.69, 9.17) is 0 Å². The number of imide groups is 1. The summed E-state index contributed by atoms with van der Waals surface area (Å²) in [5, 5.41) is 5.79. The van der Waals surface area contributed by atoms with Crippen molar-refractivity contribution in [2.75, 3.05) is 7.05 Å². The smallest absolute Gasteiger partial charge is 0.321 e. The van der Waals surface area contributed by atoms with E-state index in [0.29, 0.717) is 5.82 Å². The van der Waals surface area contributed by atoms with Crippen LogP contribution in [0.5, 0.6) is 0 Å². The number of nitrogens with zero attached hydrogens (tertiary/aromatic N) is 2. The van der Waals surface area contributed by atoms with Crippen molar-refractivity contribution in [3.05, 3.63) is 30.1 Å². The molecule has 110 valence electrons. The van der Waals surface area contributed by atoms with Gasteiger partial charge in [0.25, 0.3) is 0 Å². The van der Waals surface area contributed by atoms with Gasteiger partial charge in [0.15, 0.2) is 0 Å². The normalized spacial score (nSPS) is 12.0. The molecule has 0 aliphatic rings. The van der Waals surface area contributed by atoms with Crippen molar-refractivity contribution in [2.45, 2.75) is 24.1 Å². The molecule has 0 aliphatic heterocycles. The Morgan fingerprint density at radius 3 is 2.67 bits per heavy atom. The molecule has 1 aromatic carbocycles. The van der Waals surface area contributed by atoms with Gasteiger partial charge in [0.1, 0.15) is 10.9 Å². The molecule has 6 nitrogen and oxygen atoms in total. The fourth-order valence-electron chi connectivity index (χ4n) is 1.75. The second kappa shape index (κ2) is 6.53. The van der Waals surface area contributed by atoms with Crippen LogP contribution in [0, 0.1) is 6.92 Å². The monoisotopic (exact) mass is 304 g/mol. The van der Waals surface area contributed by atoms with Crippen LogP contribution < -0.4 is 10.6 Å². The zero-order valence-corrected chi connectivity index (χ0v) is 12.8. The molecule has 0 aliphatic carbocycles. The molecule has 0 fully saturated rings. The molecule has 1 atom stereocenters. The molecule has 0 bridgehead atoms. The number of hydrogen-bond donors (Lipinski definition) is 2. The van der Waals surface area contributed by atoms with Crippen molar-refractivity contribution < 1.29 is 9.59 Å². The number of aromatic nitrogens is 2. The molecule has 3 amide bonds. The number of aryl methyl sites for hydroxylation is 1. The molecule has 0 saturated carbocycles. The standard InChI is InChI=1S/C14H16N4O2S/c1-8(12(19)18-14(20)15-3)21-13-10-6-4-5-7-11(10)16-9(2)17-13/h4-8H,1-3H3,(H2,15,18,19,20). The van der Waals surface area contributed by atoms with Gasteiger partial charge in [-0.2, -0.15) is 0 Å². The zero-order chi connectivity index (χ0) is 15.4. The molecule has 1 aromatic heterocycles. The van der Waals surface area contributed by atoms with E-state index in [1.165, 1.54) is 18.8 Å². The van der Waals surface area contributed by atoms with Gasteiger partial charge in [-0.1, -0.05) is 30.0 Å². The summed E-state index contributed by atoms with van der Waals surface area (Å²) in [6.45, 7) is 3.54. The van der Waals surface area contributed by atoms with Gasteiger partial charge in [-0.15, -0.1) is 0 Å². The van der Waals surface area contributed by atoms with Crippen molar-refractivity contribution in [3.8, 4) is 0 Å².